The van der Waals surface area contributed by atoms with Gasteiger partial charge in [-0.15, -0.1) is 0 Å². The molecule has 2 aliphatic carbocycles. The maximum atomic E-state index is 13.9. The molecule has 9 nitrogen and oxygen atoms in total. The zero-order chi connectivity index (χ0) is 28.0. The Labute approximate surface area is 234 Å². The fraction of sp³-hybridized carbons (Fsp3) is 0.767. The molecule has 2 saturated carbocycles. The minimum absolute atomic E-state index is 0.00118. The summed E-state index contributed by atoms with van der Waals surface area (Å²) in [6.07, 6.45) is 11.9. The number of carbonyl (C=O) groups is 1. The van der Waals surface area contributed by atoms with E-state index in [-0.39, 0.29) is 18.2 Å². The van der Waals surface area contributed by atoms with Gasteiger partial charge in [-0.25, -0.2) is 0 Å². The molecule has 9 heteroatoms. The Kier molecular flexibility index (Phi) is 13.5. The lowest BCUT2D eigenvalue weighted by molar-refractivity contribution is -0.384. The highest BCUT2D eigenvalue weighted by molar-refractivity contribution is 5.79. The lowest BCUT2D eigenvalue weighted by atomic mass is 9.88. The molecule has 1 amide bonds. The predicted molar refractivity (Wildman–Crippen MR) is 154 cm³/mol. The Balaban J connectivity index is 1.63. The summed E-state index contributed by atoms with van der Waals surface area (Å²) in [6.45, 7) is 8.75. The summed E-state index contributed by atoms with van der Waals surface area (Å²) in [5, 5.41) is 21.8. The average molecular weight is 547 g/mol. The van der Waals surface area contributed by atoms with Crippen molar-refractivity contribution in [1.82, 2.24) is 14.7 Å². The van der Waals surface area contributed by atoms with Gasteiger partial charge in [0.05, 0.1) is 11.5 Å². The number of aliphatic hydroxyl groups excluding tert-OH is 1. The maximum absolute atomic E-state index is 13.9. The van der Waals surface area contributed by atoms with Gasteiger partial charge in [0.25, 0.3) is 5.69 Å². The minimum Gasteiger partial charge on any atom is -0.491 e. The molecule has 0 aromatic heterocycles. The number of nitro groups is 1. The molecule has 2 fully saturated rings. The lowest BCUT2D eigenvalue weighted by Gasteiger charge is -2.42. The first-order valence-corrected chi connectivity index (χ1v) is 15.2. The van der Waals surface area contributed by atoms with Crippen LogP contribution < -0.4 is 4.74 Å². The summed E-state index contributed by atoms with van der Waals surface area (Å²) in [5.41, 5.74) is 0.00118. The lowest BCUT2D eigenvalue weighted by Crippen LogP contribution is -2.53. The number of nitro benzene ring substituents is 1. The highest BCUT2D eigenvalue weighted by atomic mass is 16.6. The zero-order valence-corrected chi connectivity index (χ0v) is 24.1. The molecule has 220 valence electrons. The van der Waals surface area contributed by atoms with Crippen molar-refractivity contribution in [2.45, 2.75) is 103 Å². The van der Waals surface area contributed by atoms with Crippen molar-refractivity contribution in [3.8, 4) is 5.75 Å². The summed E-state index contributed by atoms with van der Waals surface area (Å²) in [6, 6.07) is 6.57. The molecule has 3 rings (SSSR count). The van der Waals surface area contributed by atoms with Crippen LogP contribution in [0.15, 0.2) is 24.3 Å². The van der Waals surface area contributed by atoms with Crippen LogP contribution in [0.1, 0.15) is 84.5 Å². The normalized spacial score (nSPS) is 17.9. The van der Waals surface area contributed by atoms with Crippen molar-refractivity contribution >= 4 is 11.6 Å². The van der Waals surface area contributed by atoms with Gasteiger partial charge in [0.15, 0.2) is 0 Å². The van der Waals surface area contributed by atoms with Crippen LogP contribution in [0.4, 0.5) is 5.69 Å². The summed E-state index contributed by atoms with van der Waals surface area (Å²) < 4.78 is 5.72. The predicted octanol–water partition coefficient (Wildman–Crippen LogP) is 4.86. The van der Waals surface area contributed by atoms with Crippen LogP contribution in [-0.4, -0.2) is 94.7 Å². The Morgan fingerprint density at radius 2 is 1.49 bits per heavy atom. The number of hydrogen-bond donors (Lipinski definition) is 1. The number of hydrogen-bond acceptors (Lipinski definition) is 7. The molecule has 0 heterocycles. The Morgan fingerprint density at radius 3 is 2.00 bits per heavy atom. The highest BCUT2D eigenvalue weighted by Gasteiger charge is 2.33. The quantitative estimate of drug-likeness (QED) is 0.233. The molecule has 0 aliphatic heterocycles. The fourth-order valence-corrected chi connectivity index (χ4v) is 6.20. The van der Waals surface area contributed by atoms with Crippen molar-refractivity contribution in [2.75, 3.05) is 45.9 Å². The SMILES string of the molecule is CCN(CC)CCCN(CC(=O)N(C1CCCCC1)C1CCCCC1)CC(O)COc1ccc([N+](=O)[O-])cc1. The van der Waals surface area contributed by atoms with E-state index in [0.29, 0.717) is 30.9 Å². The average Bonchev–Trinajstić information content (AvgIpc) is 2.95. The molecule has 0 spiro atoms. The van der Waals surface area contributed by atoms with Crippen molar-refractivity contribution in [1.29, 1.82) is 0 Å². The minimum atomic E-state index is -0.778. The first-order chi connectivity index (χ1) is 18.9. The second-order valence-electron chi connectivity index (χ2n) is 11.2. The molecule has 0 radical (unpaired) electrons. The standard InChI is InChI=1S/C30H50N4O5/c1-3-31(4-2)20-11-21-32(22-28(35)24-39-29-18-16-27(17-19-29)34(37)38)23-30(36)33(25-12-7-5-8-13-25)26-14-9-6-10-15-26/h16-19,25-26,28,35H,3-15,20-24H2,1-2H3. The summed E-state index contributed by atoms with van der Waals surface area (Å²) >= 11 is 0. The van der Waals surface area contributed by atoms with Crippen LogP contribution >= 0.6 is 0 Å². The number of amides is 1. The van der Waals surface area contributed by atoms with Gasteiger partial charge < -0.3 is 19.6 Å². The molecule has 1 N–H and O–H groups in total. The van der Waals surface area contributed by atoms with Crippen LogP contribution in [-0.2, 0) is 4.79 Å². The number of aliphatic hydroxyl groups is 1. The summed E-state index contributed by atoms with van der Waals surface area (Å²) in [5.74, 6) is 0.685. The highest BCUT2D eigenvalue weighted by Crippen LogP contribution is 2.30. The summed E-state index contributed by atoms with van der Waals surface area (Å²) in [4.78, 5) is 31.1. The van der Waals surface area contributed by atoms with Crippen molar-refractivity contribution in [3.05, 3.63) is 34.4 Å². The third-order valence-electron chi connectivity index (χ3n) is 8.39. The van der Waals surface area contributed by atoms with Crippen LogP contribution in [0.5, 0.6) is 5.75 Å². The monoisotopic (exact) mass is 546 g/mol. The van der Waals surface area contributed by atoms with E-state index in [9.17, 15) is 20.0 Å². The van der Waals surface area contributed by atoms with E-state index >= 15 is 0 Å². The van der Waals surface area contributed by atoms with E-state index in [0.717, 1.165) is 58.3 Å². The van der Waals surface area contributed by atoms with Crippen molar-refractivity contribution in [2.24, 2.45) is 0 Å². The van der Waals surface area contributed by atoms with E-state index in [4.69, 9.17) is 4.74 Å². The first kappa shape index (κ1) is 31.3. The van der Waals surface area contributed by atoms with Gasteiger partial charge in [-0.05, 0) is 63.9 Å². The van der Waals surface area contributed by atoms with E-state index in [1.807, 2.05) is 0 Å². The third-order valence-corrected chi connectivity index (χ3v) is 8.39. The van der Waals surface area contributed by atoms with Crippen LogP contribution in [0.25, 0.3) is 0 Å². The molecule has 2 aliphatic rings. The van der Waals surface area contributed by atoms with Crippen molar-refractivity contribution < 1.29 is 19.6 Å². The van der Waals surface area contributed by atoms with Gasteiger partial charge >= 0.3 is 0 Å². The first-order valence-electron chi connectivity index (χ1n) is 15.2. The van der Waals surface area contributed by atoms with Gasteiger partial charge in [-0.2, -0.15) is 0 Å². The Hall–Kier alpha value is -2.23. The van der Waals surface area contributed by atoms with E-state index in [2.05, 4.69) is 28.5 Å². The topological polar surface area (TPSA) is 99.4 Å². The van der Waals surface area contributed by atoms with Gasteiger partial charge in [0.1, 0.15) is 18.5 Å². The second-order valence-corrected chi connectivity index (χ2v) is 11.2. The van der Waals surface area contributed by atoms with E-state index in [1.54, 1.807) is 12.1 Å². The molecular formula is C30H50N4O5. The molecule has 1 aromatic carbocycles. The van der Waals surface area contributed by atoms with Crippen LogP contribution in [0.3, 0.4) is 0 Å². The number of non-ortho nitro benzene ring substituents is 1. The zero-order valence-electron chi connectivity index (χ0n) is 24.1. The fourth-order valence-electron chi connectivity index (χ4n) is 6.20. The molecule has 1 atom stereocenters. The van der Waals surface area contributed by atoms with E-state index in [1.165, 1.54) is 50.7 Å². The molecule has 0 saturated heterocycles. The van der Waals surface area contributed by atoms with E-state index < -0.39 is 11.0 Å². The number of carbonyl (C=O) groups excluding carboxylic acids is 1. The molecule has 39 heavy (non-hydrogen) atoms. The van der Waals surface area contributed by atoms with Gasteiger partial charge in [0, 0.05) is 37.3 Å². The van der Waals surface area contributed by atoms with Gasteiger partial charge in [0.2, 0.25) is 5.91 Å². The summed E-state index contributed by atoms with van der Waals surface area (Å²) in [7, 11) is 0. The molecular weight excluding hydrogens is 496 g/mol. The molecule has 0 bridgehead atoms. The third kappa shape index (κ3) is 10.4. The second kappa shape index (κ2) is 16.8. The van der Waals surface area contributed by atoms with Crippen molar-refractivity contribution in [3.63, 3.8) is 0 Å². The number of benzene rings is 1. The largest absolute Gasteiger partial charge is 0.491 e. The molecule has 1 unspecified atom stereocenters. The maximum Gasteiger partial charge on any atom is 0.269 e. The number of ether oxygens (including phenoxy) is 1. The van der Waals surface area contributed by atoms with Gasteiger partial charge in [-0.1, -0.05) is 52.4 Å². The van der Waals surface area contributed by atoms with Gasteiger partial charge in [-0.3, -0.25) is 19.8 Å². The Bertz CT molecular complexity index is 833. The smallest absolute Gasteiger partial charge is 0.269 e. The Morgan fingerprint density at radius 1 is 0.949 bits per heavy atom. The molecule has 1 aromatic rings. The van der Waals surface area contributed by atoms with Crippen LogP contribution in [0.2, 0.25) is 0 Å². The van der Waals surface area contributed by atoms with Crippen LogP contribution in [0, 0.1) is 10.1 Å². The number of rotatable bonds is 16. The number of nitrogens with zero attached hydrogens (tertiary/aromatic N) is 4.